The second-order valence-corrected chi connectivity index (χ2v) is 10.6. The van der Waals surface area contributed by atoms with E-state index in [2.05, 4.69) is 15.5 Å². The van der Waals surface area contributed by atoms with E-state index in [0.29, 0.717) is 28.7 Å². The predicted octanol–water partition coefficient (Wildman–Crippen LogP) is 7.48. The minimum atomic E-state index is -0.440. The molecule has 1 amide bonds. The zero-order valence-electron chi connectivity index (χ0n) is 20.1. The van der Waals surface area contributed by atoms with Crippen molar-refractivity contribution in [2.45, 2.75) is 17.9 Å². The number of nitrogens with zero attached hydrogens (tertiary/aromatic N) is 2. The molecule has 1 N–H and O–H groups in total. The number of carbonyl (C=O) groups excluding carboxylic acids is 1. The van der Waals surface area contributed by atoms with Crippen LogP contribution in [0.2, 0.25) is 10.0 Å². The van der Waals surface area contributed by atoms with Gasteiger partial charge in [0.05, 0.1) is 29.3 Å². The molecule has 4 rings (SSSR count). The molecule has 38 heavy (non-hydrogen) atoms. The van der Waals surface area contributed by atoms with Gasteiger partial charge >= 0.3 is 0 Å². The molecular weight excluding hydrogens is 568 g/mol. The zero-order valence-corrected chi connectivity index (χ0v) is 23.3. The van der Waals surface area contributed by atoms with E-state index in [1.165, 1.54) is 41.4 Å². The number of halogens is 3. The van der Waals surface area contributed by atoms with Crippen LogP contribution >= 0.6 is 46.3 Å². The van der Waals surface area contributed by atoms with E-state index < -0.39 is 5.82 Å². The molecule has 0 bridgehead atoms. The average Bonchev–Trinajstić information content (AvgIpc) is 3.38. The van der Waals surface area contributed by atoms with Crippen LogP contribution in [0.3, 0.4) is 0 Å². The Morgan fingerprint density at radius 1 is 1.13 bits per heavy atom. The number of thioether (sulfide) groups is 1. The van der Waals surface area contributed by atoms with Crippen molar-refractivity contribution in [3.8, 4) is 22.8 Å². The lowest BCUT2D eigenvalue weighted by molar-refractivity contribution is -0.118. The first-order valence-corrected chi connectivity index (χ1v) is 14.0. The van der Waals surface area contributed by atoms with Gasteiger partial charge in [-0.25, -0.2) is 14.8 Å². The summed E-state index contributed by atoms with van der Waals surface area (Å²) in [6.07, 6.45) is 1.50. The van der Waals surface area contributed by atoms with E-state index in [0.717, 1.165) is 15.6 Å². The number of benzene rings is 3. The summed E-state index contributed by atoms with van der Waals surface area (Å²) in [6, 6.07) is 17.1. The third-order valence-electron chi connectivity index (χ3n) is 5.05. The Balaban J connectivity index is 1.30. The topological polar surface area (TPSA) is 72.8 Å². The molecule has 1 heterocycles. The van der Waals surface area contributed by atoms with Gasteiger partial charge in [0.1, 0.15) is 12.4 Å². The first-order valence-electron chi connectivity index (χ1n) is 11.4. The maximum Gasteiger partial charge on any atom is 0.250 e. The SMILES string of the molecule is CCOc1cc(/C=N/NC(=O)CSc2nc(-c3ccc(Cl)cc3)cs2)ccc1OCc1c(F)cccc1Cl. The van der Waals surface area contributed by atoms with E-state index in [1.807, 2.05) is 36.6 Å². The minimum Gasteiger partial charge on any atom is -0.490 e. The normalized spacial score (nSPS) is 11.1. The lowest BCUT2D eigenvalue weighted by atomic mass is 10.2. The Hall–Kier alpha value is -3.11. The van der Waals surface area contributed by atoms with Crippen LogP contribution in [0.5, 0.6) is 11.5 Å². The molecule has 3 aromatic carbocycles. The summed E-state index contributed by atoms with van der Waals surface area (Å²) in [4.78, 5) is 16.8. The van der Waals surface area contributed by atoms with E-state index in [9.17, 15) is 9.18 Å². The van der Waals surface area contributed by atoms with Gasteiger partial charge in [-0.15, -0.1) is 11.3 Å². The summed E-state index contributed by atoms with van der Waals surface area (Å²) in [6.45, 7) is 2.20. The third-order valence-corrected chi connectivity index (χ3v) is 7.68. The highest BCUT2D eigenvalue weighted by Crippen LogP contribution is 2.31. The largest absolute Gasteiger partial charge is 0.490 e. The molecule has 0 aliphatic heterocycles. The van der Waals surface area contributed by atoms with Crippen molar-refractivity contribution in [3.05, 3.63) is 93.0 Å². The van der Waals surface area contributed by atoms with Crippen molar-refractivity contribution in [2.75, 3.05) is 12.4 Å². The van der Waals surface area contributed by atoms with Gasteiger partial charge in [0.25, 0.3) is 5.91 Å². The number of hydrogen-bond acceptors (Lipinski definition) is 7. The fourth-order valence-electron chi connectivity index (χ4n) is 3.23. The summed E-state index contributed by atoms with van der Waals surface area (Å²) in [5.74, 6) is 0.364. The molecule has 0 fully saturated rings. The monoisotopic (exact) mass is 589 g/mol. The minimum absolute atomic E-state index is 0.0486. The molecule has 196 valence electrons. The second kappa shape index (κ2) is 13.6. The number of ether oxygens (including phenoxy) is 2. The summed E-state index contributed by atoms with van der Waals surface area (Å²) in [5.41, 5.74) is 5.26. The molecular formula is C27H22Cl2FN3O3S2. The fraction of sp³-hybridized carbons (Fsp3) is 0.148. The Bertz CT molecular complexity index is 1410. The molecule has 0 saturated carbocycles. The van der Waals surface area contributed by atoms with E-state index in [-0.39, 0.29) is 28.9 Å². The number of rotatable bonds is 11. The van der Waals surface area contributed by atoms with Crippen molar-refractivity contribution in [3.63, 3.8) is 0 Å². The van der Waals surface area contributed by atoms with Crippen LogP contribution in [0, 0.1) is 5.82 Å². The van der Waals surface area contributed by atoms with Crippen LogP contribution in [-0.4, -0.2) is 29.5 Å². The molecule has 0 radical (unpaired) electrons. The maximum atomic E-state index is 14.0. The molecule has 0 aliphatic rings. The number of thiazole rings is 1. The highest BCUT2D eigenvalue weighted by atomic mass is 35.5. The fourth-order valence-corrected chi connectivity index (χ4v) is 5.20. The molecule has 6 nitrogen and oxygen atoms in total. The van der Waals surface area contributed by atoms with Gasteiger partial charge in [0, 0.05) is 21.5 Å². The Labute approximate surface area is 237 Å². The summed E-state index contributed by atoms with van der Waals surface area (Å²) >= 11 is 14.8. The maximum absolute atomic E-state index is 14.0. The molecule has 0 aliphatic carbocycles. The lowest BCUT2D eigenvalue weighted by Crippen LogP contribution is -2.19. The van der Waals surface area contributed by atoms with Crippen molar-refractivity contribution >= 4 is 58.4 Å². The van der Waals surface area contributed by atoms with E-state index in [1.54, 1.807) is 24.3 Å². The molecule has 0 saturated heterocycles. The molecule has 0 spiro atoms. The lowest BCUT2D eigenvalue weighted by Gasteiger charge is -2.13. The van der Waals surface area contributed by atoms with Gasteiger partial charge in [0.2, 0.25) is 0 Å². The van der Waals surface area contributed by atoms with Gasteiger partial charge in [-0.3, -0.25) is 4.79 Å². The number of nitrogens with one attached hydrogen (secondary N) is 1. The molecule has 0 atom stereocenters. The van der Waals surface area contributed by atoms with Crippen LogP contribution in [0.25, 0.3) is 11.3 Å². The van der Waals surface area contributed by atoms with Gasteiger partial charge in [-0.2, -0.15) is 5.10 Å². The van der Waals surface area contributed by atoms with Crippen LogP contribution in [0.4, 0.5) is 4.39 Å². The quantitative estimate of drug-likeness (QED) is 0.111. The number of carbonyl (C=O) groups is 1. The third kappa shape index (κ3) is 7.70. The Morgan fingerprint density at radius 2 is 1.95 bits per heavy atom. The molecule has 11 heteroatoms. The van der Waals surface area contributed by atoms with Crippen LogP contribution in [0.15, 0.2) is 75.5 Å². The summed E-state index contributed by atoms with van der Waals surface area (Å²) in [7, 11) is 0. The van der Waals surface area contributed by atoms with Crippen molar-refractivity contribution < 1.29 is 18.7 Å². The summed E-state index contributed by atoms with van der Waals surface area (Å²) < 4.78 is 26.3. The second-order valence-electron chi connectivity index (χ2n) is 7.72. The number of aromatic nitrogens is 1. The molecule has 0 unspecified atom stereocenters. The average molecular weight is 591 g/mol. The van der Waals surface area contributed by atoms with Gasteiger partial charge in [-0.05, 0) is 55.0 Å². The van der Waals surface area contributed by atoms with Crippen LogP contribution in [-0.2, 0) is 11.4 Å². The first-order chi connectivity index (χ1) is 18.4. The molecule has 1 aromatic heterocycles. The molecule has 4 aromatic rings. The number of amides is 1. The van der Waals surface area contributed by atoms with Crippen molar-refractivity contribution in [2.24, 2.45) is 5.10 Å². The first kappa shape index (κ1) is 27.9. The van der Waals surface area contributed by atoms with E-state index in [4.69, 9.17) is 32.7 Å². The van der Waals surface area contributed by atoms with E-state index >= 15 is 0 Å². The number of hydrogen-bond donors (Lipinski definition) is 1. The predicted molar refractivity (Wildman–Crippen MR) is 152 cm³/mol. The Morgan fingerprint density at radius 3 is 2.71 bits per heavy atom. The van der Waals surface area contributed by atoms with Crippen molar-refractivity contribution in [1.82, 2.24) is 10.4 Å². The highest BCUT2D eigenvalue weighted by molar-refractivity contribution is 8.01. The Kier molecular flexibility index (Phi) is 10.0. The zero-order chi connectivity index (χ0) is 26.9. The van der Waals surface area contributed by atoms with Crippen LogP contribution in [0.1, 0.15) is 18.1 Å². The van der Waals surface area contributed by atoms with Gasteiger partial charge < -0.3 is 9.47 Å². The van der Waals surface area contributed by atoms with Crippen molar-refractivity contribution in [1.29, 1.82) is 0 Å². The van der Waals surface area contributed by atoms with Gasteiger partial charge in [-0.1, -0.05) is 53.2 Å². The van der Waals surface area contributed by atoms with Gasteiger partial charge in [0.15, 0.2) is 15.8 Å². The van der Waals surface area contributed by atoms with Crippen LogP contribution < -0.4 is 14.9 Å². The standard InChI is InChI=1S/C27H22Cl2FN3O3S2/c1-2-35-25-12-17(6-11-24(25)36-14-20-21(29)4-3-5-22(20)30)13-31-33-26(34)16-38-27-32-23(15-37-27)18-7-9-19(28)10-8-18/h3-13,15H,2,14,16H2,1H3,(H,33,34)/b31-13+. The number of hydrazone groups is 1. The summed E-state index contributed by atoms with van der Waals surface area (Å²) in [5, 5.41) is 6.93. The smallest absolute Gasteiger partial charge is 0.250 e. The highest BCUT2D eigenvalue weighted by Gasteiger charge is 2.12.